The minimum atomic E-state index is -0.438. The zero-order chi connectivity index (χ0) is 24.1. The number of fused-ring (bicyclic) bond motifs is 1. The number of aromatic nitrogens is 3. The Morgan fingerprint density at radius 2 is 2.15 bits per heavy atom. The fourth-order valence-corrected chi connectivity index (χ4v) is 6.17. The van der Waals surface area contributed by atoms with Gasteiger partial charge in [-0.3, -0.25) is 9.36 Å². The molecule has 9 heteroatoms. The SMILES string of the molecule is C=CCn1c(S[C@H](C)C(=O)Nc2sc3c(c2C#N)CCCCC3)nnc1-c1ccccc1OC. The maximum Gasteiger partial charge on any atom is 0.238 e. The van der Waals surface area contributed by atoms with E-state index in [4.69, 9.17) is 4.74 Å². The van der Waals surface area contributed by atoms with E-state index < -0.39 is 5.25 Å². The summed E-state index contributed by atoms with van der Waals surface area (Å²) in [5.74, 6) is 1.19. The van der Waals surface area contributed by atoms with Crippen LogP contribution in [0.2, 0.25) is 0 Å². The Hall–Kier alpha value is -3.09. The smallest absolute Gasteiger partial charge is 0.238 e. The van der Waals surface area contributed by atoms with Gasteiger partial charge in [0.2, 0.25) is 5.91 Å². The van der Waals surface area contributed by atoms with Crippen LogP contribution in [0.5, 0.6) is 5.75 Å². The molecule has 1 N–H and O–H groups in total. The van der Waals surface area contributed by atoms with Gasteiger partial charge in [0.15, 0.2) is 11.0 Å². The van der Waals surface area contributed by atoms with Crippen molar-refractivity contribution in [2.75, 3.05) is 12.4 Å². The van der Waals surface area contributed by atoms with Crippen LogP contribution >= 0.6 is 23.1 Å². The van der Waals surface area contributed by atoms with Gasteiger partial charge >= 0.3 is 0 Å². The van der Waals surface area contributed by atoms with E-state index in [0.717, 1.165) is 36.8 Å². The Balaban J connectivity index is 1.55. The number of benzene rings is 1. The number of allylic oxidation sites excluding steroid dienone is 1. The summed E-state index contributed by atoms with van der Waals surface area (Å²) in [5.41, 5.74) is 2.57. The van der Waals surface area contributed by atoms with Gasteiger partial charge in [-0.2, -0.15) is 5.26 Å². The van der Waals surface area contributed by atoms with E-state index in [9.17, 15) is 10.1 Å². The number of methoxy groups -OCH3 is 1. The molecule has 1 amide bonds. The molecule has 0 fully saturated rings. The Morgan fingerprint density at radius 3 is 2.91 bits per heavy atom. The summed E-state index contributed by atoms with van der Waals surface area (Å²) in [5, 5.41) is 22.3. The maximum atomic E-state index is 13.1. The van der Waals surface area contributed by atoms with Crippen molar-refractivity contribution < 1.29 is 9.53 Å². The third-order valence-corrected chi connectivity index (χ3v) is 8.09. The lowest BCUT2D eigenvalue weighted by molar-refractivity contribution is -0.115. The number of nitrogens with one attached hydrogen (secondary N) is 1. The number of nitrogens with zero attached hydrogens (tertiary/aromatic N) is 4. The van der Waals surface area contributed by atoms with E-state index in [1.165, 1.54) is 23.1 Å². The molecule has 1 aliphatic carbocycles. The van der Waals surface area contributed by atoms with Gasteiger partial charge in [-0.15, -0.1) is 28.1 Å². The summed E-state index contributed by atoms with van der Waals surface area (Å²) >= 11 is 2.87. The molecular formula is C25H27N5O2S2. The van der Waals surface area contributed by atoms with Crippen molar-refractivity contribution in [1.29, 1.82) is 5.26 Å². The van der Waals surface area contributed by atoms with Gasteiger partial charge in [0.25, 0.3) is 0 Å². The van der Waals surface area contributed by atoms with Crippen LogP contribution in [0.1, 0.15) is 42.2 Å². The molecule has 176 valence electrons. The number of thioether (sulfide) groups is 1. The van der Waals surface area contributed by atoms with Gasteiger partial charge < -0.3 is 10.1 Å². The second kappa shape index (κ2) is 10.9. The number of hydrogen-bond acceptors (Lipinski definition) is 7. The molecule has 0 saturated carbocycles. The lowest BCUT2D eigenvalue weighted by atomic mass is 10.1. The van der Waals surface area contributed by atoms with Gasteiger partial charge in [0.05, 0.1) is 23.5 Å². The maximum absolute atomic E-state index is 13.1. The van der Waals surface area contributed by atoms with Crippen LogP contribution in [0.15, 0.2) is 42.1 Å². The number of carbonyl (C=O) groups is 1. The van der Waals surface area contributed by atoms with E-state index in [1.807, 2.05) is 35.8 Å². The lowest BCUT2D eigenvalue weighted by Crippen LogP contribution is -2.23. The predicted molar refractivity (Wildman–Crippen MR) is 136 cm³/mol. The monoisotopic (exact) mass is 493 g/mol. The fraction of sp³-hybridized carbons (Fsp3) is 0.360. The van der Waals surface area contributed by atoms with Gasteiger partial charge in [-0.05, 0) is 50.3 Å². The molecule has 2 heterocycles. The van der Waals surface area contributed by atoms with E-state index in [1.54, 1.807) is 24.5 Å². The lowest BCUT2D eigenvalue weighted by Gasteiger charge is -2.13. The van der Waals surface area contributed by atoms with Gasteiger partial charge in [-0.1, -0.05) is 36.4 Å². The van der Waals surface area contributed by atoms with Crippen molar-refractivity contribution in [1.82, 2.24) is 14.8 Å². The van der Waals surface area contributed by atoms with Gasteiger partial charge in [0.1, 0.15) is 16.8 Å². The van der Waals surface area contributed by atoms with Crippen LogP contribution < -0.4 is 10.1 Å². The first kappa shape index (κ1) is 24.0. The van der Waals surface area contributed by atoms with E-state index >= 15 is 0 Å². The molecule has 0 aliphatic heterocycles. The first-order chi connectivity index (χ1) is 16.6. The minimum Gasteiger partial charge on any atom is -0.496 e. The average molecular weight is 494 g/mol. The van der Waals surface area contributed by atoms with Crippen molar-refractivity contribution in [3.63, 3.8) is 0 Å². The van der Waals surface area contributed by atoms with Crippen LogP contribution in [0, 0.1) is 11.3 Å². The Kier molecular flexibility index (Phi) is 7.70. The standard InChI is InChI=1S/C25H27N5O2S2/c1-4-14-30-22(18-11-8-9-12-20(18)32-3)28-29-25(30)33-16(2)23(31)27-24-19(15-26)17-10-6-5-7-13-21(17)34-24/h4,8-9,11-12,16H,1,5-7,10,13-14H2,2-3H3,(H,27,31)/t16-/m1/s1. The van der Waals surface area contributed by atoms with Crippen molar-refractivity contribution in [3.05, 3.63) is 52.9 Å². The molecule has 4 rings (SSSR count). The highest BCUT2D eigenvalue weighted by molar-refractivity contribution is 8.00. The van der Waals surface area contributed by atoms with E-state index in [2.05, 4.69) is 28.2 Å². The largest absolute Gasteiger partial charge is 0.496 e. The summed E-state index contributed by atoms with van der Waals surface area (Å²) in [4.78, 5) is 14.3. The van der Waals surface area contributed by atoms with Crippen molar-refractivity contribution in [2.24, 2.45) is 0 Å². The van der Waals surface area contributed by atoms with Crippen molar-refractivity contribution in [3.8, 4) is 23.2 Å². The van der Waals surface area contributed by atoms with Crippen molar-refractivity contribution in [2.45, 2.75) is 56.0 Å². The van der Waals surface area contributed by atoms with E-state index in [0.29, 0.717) is 33.8 Å². The number of amides is 1. The van der Waals surface area contributed by atoms with Gasteiger partial charge in [-0.25, -0.2) is 0 Å². The number of ether oxygens (including phenoxy) is 1. The number of aryl methyl sites for hydroxylation is 1. The van der Waals surface area contributed by atoms with Gasteiger partial charge in [0, 0.05) is 11.4 Å². The highest BCUT2D eigenvalue weighted by Crippen LogP contribution is 2.38. The second-order valence-corrected chi connectivity index (χ2v) is 10.4. The van der Waals surface area contributed by atoms with Crippen LogP contribution in [0.25, 0.3) is 11.4 Å². The van der Waals surface area contributed by atoms with Crippen LogP contribution in [0.3, 0.4) is 0 Å². The molecule has 1 aliphatic rings. The number of carbonyl (C=O) groups excluding carboxylic acids is 1. The Morgan fingerprint density at radius 1 is 1.35 bits per heavy atom. The zero-order valence-corrected chi connectivity index (χ0v) is 21.0. The normalized spacial score (nSPS) is 13.9. The molecule has 34 heavy (non-hydrogen) atoms. The predicted octanol–water partition coefficient (Wildman–Crippen LogP) is 5.46. The first-order valence-corrected chi connectivity index (χ1v) is 13.0. The quantitative estimate of drug-likeness (QED) is 0.254. The third kappa shape index (κ3) is 4.88. The highest BCUT2D eigenvalue weighted by Gasteiger charge is 2.25. The molecule has 3 aromatic rings. The molecule has 0 spiro atoms. The first-order valence-electron chi connectivity index (χ1n) is 11.3. The molecule has 7 nitrogen and oxygen atoms in total. The number of hydrogen-bond donors (Lipinski definition) is 1. The summed E-state index contributed by atoms with van der Waals surface area (Å²) in [6.07, 6.45) is 7.06. The van der Waals surface area contributed by atoms with Crippen LogP contribution in [0.4, 0.5) is 5.00 Å². The minimum absolute atomic E-state index is 0.162. The second-order valence-electron chi connectivity index (χ2n) is 8.04. The van der Waals surface area contributed by atoms with Crippen molar-refractivity contribution >= 4 is 34.0 Å². The Bertz CT molecular complexity index is 1240. The summed E-state index contributed by atoms with van der Waals surface area (Å²) in [6, 6.07) is 9.95. The van der Waals surface area contributed by atoms with Crippen LogP contribution in [-0.4, -0.2) is 33.0 Å². The third-order valence-electron chi connectivity index (χ3n) is 5.80. The number of rotatable bonds is 8. The topological polar surface area (TPSA) is 92.8 Å². The number of nitriles is 1. The molecule has 0 radical (unpaired) electrons. The van der Waals surface area contributed by atoms with Crippen LogP contribution in [-0.2, 0) is 24.2 Å². The highest BCUT2D eigenvalue weighted by atomic mass is 32.2. The number of para-hydroxylation sites is 1. The Labute approximate surface area is 207 Å². The summed E-state index contributed by atoms with van der Waals surface area (Å²) in [6.45, 7) is 6.18. The number of anilines is 1. The molecule has 1 aromatic carbocycles. The fourth-order valence-electron chi connectivity index (χ4n) is 4.07. The molecule has 2 aromatic heterocycles. The molecular weight excluding hydrogens is 466 g/mol. The molecule has 0 unspecified atom stereocenters. The molecule has 1 atom stereocenters. The molecule has 0 bridgehead atoms. The summed E-state index contributed by atoms with van der Waals surface area (Å²) < 4.78 is 7.41. The van der Waals surface area contributed by atoms with E-state index in [-0.39, 0.29) is 5.91 Å². The number of thiophene rings is 1. The zero-order valence-electron chi connectivity index (χ0n) is 19.3. The summed E-state index contributed by atoms with van der Waals surface area (Å²) in [7, 11) is 1.62. The average Bonchev–Trinajstić information content (AvgIpc) is 3.30. The molecule has 0 saturated heterocycles.